The zero-order chi connectivity index (χ0) is 18.6. The van der Waals surface area contributed by atoms with Crippen molar-refractivity contribution in [1.82, 2.24) is 0 Å². The number of aryl methyl sites for hydroxylation is 1. The van der Waals surface area contributed by atoms with Crippen LogP contribution < -0.4 is 11.1 Å². The Morgan fingerprint density at radius 3 is 2.44 bits per heavy atom. The number of hydrogen-bond acceptors (Lipinski definition) is 3. The zero-order valence-electron chi connectivity index (χ0n) is 15.4. The number of aliphatic imine (C=N–C) groups is 1. The van der Waals surface area contributed by atoms with Crippen LogP contribution in [0, 0.1) is 0 Å². The molecule has 0 unspecified atom stereocenters. The van der Waals surface area contributed by atoms with E-state index >= 15 is 0 Å². The predicted octanol–water partition coefficient (Wildman–Crippen LogP) is 3.65. The summed E-state index contributed by atoms with van der Waals surface area (Å²) in [6.07, 6.45) is 5.90. The molecule has 5 nitrogen and oxygen atoms in total. The van der Waals surface area contributed by atoms with Crippen molar-refractivity contribution in [3.63, 3.8) is 0 Å². The van der Waals surface area contributed by atoms with Crippen molar-refractivity contribution in [3.8, 4) is 0 Å². The van der Waals surface area contributed by atoms with Crippen LogP contribution in [0.25, 0.3) is 0 Å². The third kappa shape index (κ3) is 6.49. The summed E-state index contributed by atoms with van der Waals surface area (Å²) in [7, 11) is -3.02. The first-order valence-corrected chi connectivity index (χ1v) is 10.9. The predicted molar refractivity (Wildman–Crippen MR) is 122 cm³/mol. The van der Waals surface area contributed by atoms with Gasteiger partial charge >= 0.3 is 0 Å². The number of nitrogens with zero attached hydrogens (tertiary/aromatic N) is 1. The van der Waals surface area contributed by atoms with E-state index in [9.17, 15) is 8.42 Å². The zero-order valence-corrected chi connectivity index (χ0v) is 18.6. The number of guanidine groups is 1. The lowest BCUT2D eigenvalue weighted by molar-refractivity contribution is 0.601. The second-order valence-corrected chi connectivity index (χ2v) is 9.00. The molecular weight excluding hydrogens is 473 g/mol. The Kier molecular flexibility index (Phi) is 7.67. The third-order valence-corrected chi connectivity index (χ3v) is 5.40. The number of nitrogens with two attached hydrogens (primary N) is 1. The van der Waals surface area contributed by atoms with Crippen LogP contribution in [0.5, 0.6) is 0 Å². The van der Waals surface area contributed by atoms with E-state index in [1.54, 1.807) is 0 Å². The number of sulfone groups is 1. The number of anilines is 1. The number of hydrogen-bond donors (Lipinski definition) is 2. The standard InChI is InChI=1S/C20H25N3O2S.HI/c1-26(24,25)14-16-11-9-15(10-12-16)13-22-20(21)23-19-8-4-6-17-5-2-3-7-18(17)19;/h4,6,8-12H,2-3,5,7,13-14H2,1H3,(H3,21,22,23);1H. The first-order chi connectivity index (χ1) is 12.4. The lowest BCUT2D eigenvalue weighted by atomic mass is 9.90. The summed E-state index contributed by atoms with van der Waals surface area (Å²) >= 11 is 0. The highest BCUT2D eigenvalue weighted by Crippen LogP contribution is 2.27. The maximum absolute atomic E-state index is 11.3. The van der Waals surface area contributed by atoms with Gasteiger partial charge in [-0.25, -0.2) is 13.4 Å². The van der Waals surface area contributed by atoms with Crippen molar-refractivity contribution in [3.05, 3.63) is 64.7 Å². The molecule has 3 rings (SSSR count). The largest absolute Gasteiger partial charge is 0.370 e. The van der Waals surface area contributed by atoms with E-state index in [0.29, 0.717) is 12.5 Å². The fraction of sp³-hybridized carbons (Fsp3) is 0.350. The molecule has 0 aliphatic heterocycles. The van der Waals surface area contributed by atoms with Gasteiger partial charge in [-0.2, -0.15) is 0 Å². The maximum Gasteiger partial charge on any atom is 0.193 e. The average molecular weight is 499 g/mol. The Morgan fingerprint density at radius 2 is 1.74 bits per heavy atom. The topological polar surface area (TPSA) is 84.5 Å². The second-order valence-electron chi connectivity index (χ2n) is 6.86. The fourth-order valence-electron chi connectivity index (χ4n) is 3.30. The van der Waals surface area contributed by atoms with Crippen LogP contribution in [0.2, 0.25) is 0 Å². The number of halogens is 1. The van der Waals surface area contributed by atoms with Crippen LogP contribution >= 0.6 is 24.0 Å². The highest BCUT2D eigenvalue weighted by atomic mass is 127. The molecule has 1 aliphatic rings. The van der Waals surface area contributed by atoms with E-state index in [-0.39, 0.29) is 29.7 Å². The van der Waals surface area contributed by atoms with Gasteiger partial charge in [0.25, 0.3) is 0 Å². The maximum atomic E-state index is 11.3. The minimum Gasteiger partial charge on any atom is -0.370 e. The normalized spacial score (nSPS) is 14.2. The van der Waals surface area contributed by atoms with Gasteiger partial charge in [-0.05, 0) is 54.0 Å². The lowest BCUT2D eigenvalue weighted by Gasteiger charge is -2.19. The SMILES string of the molecule is CS(=O)(=O)Cc1ccc(CN=C(N)Nc2cccc3c2CCCC3)cc1.I. The van der Waals surface area contributed by atoms with Gasteiger partial charge in [0, 0.05) is 11.9 Å². The monoisotopic (exact) mass is 499 g/mol. The molecule has 146 valence electrons. The molecular formula is C20H26IN3O2S. The first-order valence-electron chi connectivity index (χ1n) is 8.84. The first kappa shape index (κ1) is 21.7. The second kappa shape index (κ2) is 9.54. The van der Waals surface area contributed by atoms with Gasteiger partial charge in [-0.3, -0.25) is 0 Å². The van der Waals surface area contributed by atoms with Gasteiger partial charge < -0.3 is 11.1 Å². The fourth-order valence-corrected chi connectivity index (χ4v) is 4.09. The summed E-state index contributed by atoms with van der Waals surface area (Å²) in [5.41, 5.74) is 11.6. The minimum absolute atomic E-state index is 0. The molecule has 2 aromatic carbocycles. The van der Waals surface area contributed by atoms with E-state index in [1.165, 1.54) is 30.2 Å². The van der Waals surface area contributed by atoms with Crippen LogP contribution in [0.3, 0.4) is 0 Å². The summed E-state index contributed by atoms with van der Waals surface area (Å²) in [5.74, 6) is 0.448. The van der Waals surface area contributed by atoms with E-state index in [1.807, 2.05) is 30.3 Å². The van der Waals surface area contributed by atoms with Crippen molar-refractivity contribution in [2.45, 2.75) is 38.0 Å². The molecule has 0 fully saturated rings. The molecule has 0 saturated heterocycles. The van der Waals surface area contributed by atoms with Crippen molar-refractivity contribution in [2.75, 3.05) is 11.6 Å². The molecule has 0 aromatic heterocycles. The Bertz CT molecular complexity index is 909. The molecule has 0 radical (unpaired) electrons. The van der Waals surface area contributed by atoms with Gasteiger partial charge in [-0.1, -0.05) is 36.4 Å². The van der Waals surface area contributed by atoms with Crippen LogP contribution in [0.1, 0.15) is 35.1 Å². The van der Waals surface area contributed by atoms with E-state index < -0.39 is 9.84 Å². The summed E-state index contributed by atoms with van der Waals surface area (Å²) in [6, 6.07) is 13.7. The molecule has 0 spiro atoms. The van der Waals surface area contributed by atoms with E-state index in [2.05, 4.69) is 22.4 Å². The molecule has 1 aliphatic carbocycles. The Hall–Kier alpha value is -1.61. The van der Waals surface area contributed by atoms with Crippen LogP contribution in [0.15, 0.2) is 47.5 Å². The average Bonchev–Trinajstić information content (AvgIpc) is 2.60. The Labute approximate surface area is 178 Å². The molecule has 0 saturated carbocycles. The van der Waals surface area contributed by atoms with E-state index in [4.69, 9.17) is 5.73 Å². The quantitative estimate of drug-likeness (QED) is 0.374. The van der Waals surface area contributed by atoms with Gasteiger partial charge in [0.15, 0.2) is 15.8 Å². The molecule has 0 amide bonds. The smallest absolute Gasteiger partial charge is 0.193 e. The highest BCUT2D eigenvalue weighted by Gasteiger charge is 2.13. The molecule has 0 heterocycles. The third-order valence-electron chi connectivity index (χ3n) is 4.54. The van der Waals surface area contributed by atoms with Crippen LogP contribution in [-0.4, -0.2) is 20.6 Å². The number of nitrogens with one attached hydrogen (secondary N) is 1. The van der Waals surface area contributed by atoms with E-state index in [0.717, 1.165) is 29.7 Å². The molecule has 7 heteroatoms. The van der Waals surface area contributed by atoms with Crippen LogP contribution in [0.4, 0.5) is 5.69 Å². The van der Waals surface area contributed by atoms with Crippen molar-refractivity contribution in [1.29, 1.82) is 0 Å². The Balaban J connectivity index is 0.00000261. The molecule has 2 aromatic rings. The van der Waals surface area contributed by atoms with Crippen LogP contribution in [-0.2, 0) is 35.0 Å². The number of benzene rings is 2. The van der Waals surface area contributed by atoms with Crippen molar-refractivity contribution >= 4 is 45.5 Å². The summed E-state index contributed by atoms with van der Waals surface area (Å²) in [4.78, 5) is 4.41. The molecule has 0 bridgehead atoms. The summed E-state index contributed by atoms with van der Waals surface area (Å²) < 4.78 is 22.7. The Morgan fingerprint density at radius 1 is 1.07 bits per heavy atom. The lowest BCUT2D eigenvalue weighted by Crippen LogP contribution is -2.24. The minimum atomic E-state index is -3.02. The molecule has 3 N–H and O–H groups in total. The van der Waals surface area contributed by atoms with Gasteiger partial charge in [0.05, 0.1) is 12.3 Å². The summed E-state index contributed by atoms with van der Waals surface area (Å²) in [5, 5.41) is 3.23. The molecule has 0 atom stereocenters. The number of rotatable bonds is 5. The van der Waals surface area contributed by atoms with Crippen molar-refractivity contribution in [2.24, 2.45) is 10.7 Å². The van der Waals surface area contributed by atoms with Gasteiger partial charge in [-0.15, -0.1) is 24.0 Å². The molecule has 27 heavy (non-hydrogen) atoms. The van der Waals surface area contributed by atoms with Gasteiger partial charge in [0.1, 0.15) is 0 Å². The highest BCUT2D eigenvalue weighted by molar-refractivity contribution is 14.0. The number of fused-ring (bicyclic) bond motifs is 1. The van der Waals surface area contributed by atoms with Gasteiger partial charge in [0.2, 0.25) is 0 Å². The summed E-state index contributed by atoms with van der Waals surface area (Å²) in [6.45, 7) is 0.451. The van der Waals surface area contributed by atoms with Crippen molar-refractivity contribution < 1.29 is 8.42 Å².